The fourth-order valence-electron chi connectivity index (χ4n) is 3.42. The third kappa shape index (κ3) is 8.68. The Morgan fingerprint density at radius 1 is 0.789 bits per heavy atom. The molecule has 0 aromatic carbocycles. The van der Waals surface area contributed by atoms with E-state index < -0.39 is 0 Å². The van der Waals surface area contributed by atoms with Gasteiger partial charge in [-0.3, -0.25) is 0 Å². The fourth-order valence-corrected chi connectivity index (χ4v) is 3.42. The molecule has 0 saturated heterocycles. The molecule has 0 aromatic rings. The largest absolute Gasteiger partial charge is 0.311 e. The highest BCUT2D eigenvalue weighted by Crippen LogP contribution is 2.18. The quantitative estimate of drug-likeness (QED) is 0.661. The lowest BCUT2D eigenvalue weighted by Crippen LogP contribution is -2.38. The van der Waals surface area contributed by atoms with Gasteiger partial charge in [-0.2, -0.15) is 0 Å². The summed E-state index contributed by atoms with van der Waals surface area (Å²) in [6.07, 6.45) is 20.0. The molecule has 1 aliphatic carbocycles. The number of rotatable bonds is 5. The van der Waals surface area contributed by atoms with Gasteiger partial charge in [-0.15, -0.1) is 0 Å². The molecule has 1 fully saturated rings. The number of hydrogen-bond donors (Lipinski definition) is 1. The summed E-state index contributed by atoms with van der Waals surface area (Å²) in [5.74, 6) is 0. The van der Waals surface area contributed by atoms with Crippen molar-refractivity contribution in [3.8, 4) is 0 Å². The molecule has 114 valence electrons. The Kier molecular flexibility index (Phi) is 10.5. The van der Waals surface area contributed by atoms with Crippen molar-refractivity contribution in [1.29, 1.82) is 0 Å². The van der Waals surface area contributed by atoms with Crippen LogP contribution in [0.15, 0.2) is 0 Å². The van der Waals surface area contributed by atoms with Gasteiger partial charge in [0.15, 0.2) is 0 Å². The van der Waals surface area contributed by atoms with Gasteiger partial charge in [-0.25, -0.2) is 0 Å². The van der Waals surface area contributed by atoms with Crippen LogP contribution in [0.3, 0.4) is 0 Å². The predicted octanol–water partition coefficient (Wildman–Crippen LogP) is 5.83. The molecule has 0 aliphatic heterocycles. The molecule has 0 radical (unpaired) electrons. The second-order valence-corrected chi connectivity index (χ2v) is 6.52. The molecule has 1 saturated carbocycles. The van der Waals surface area contributed by atoms with E-state index in [9.17, 15) is 0 Å². The van der Waals surface area contributed by atoms with Crippen molar-refractivity contribution < 1.29 is 0 Å². The standard InChI is InChI=1S/C18H37N/c1-3-14-17(4-2)19-18-15-12-10-8-6-5-7-9-11-13-16-18/h17-19H,3-16H2,1-2H3. The van der Waals surface area contributed by atoms with Crippen molar-refractivity contribution in [3.63, 3.8) is 0 Å². The zero-order valence-electron chi connectivity index (χ0n) is 13.6. The Hall–Kier alpha value is -0.0400. The maximum absolute atomic E-state index is 3.96. The minimum Gasteiger partial charge on any atom is -0.311 e. The van der Waals surface area contributed by atoms with E-state index in [0.29, 0.717) is 0 Å². The number of nitrogens with one attached hydrogen (secondary N) is 1. The highest BCUT2D eigenvalue weighted by molar-refractivity contribution is 4.74. The Morgan fingerprint density at radius 3 is 1.68 bits per heavy atom. The van der Waals surface area contributed by atoms with E-state index in [2.05, 4.69) is 19.2 Å². The summed E-state index contributed by atoms with van der Waals surface area (Å²) in [6, 6.07) is 1.57. The van der Waals surface area contributed by atoms with Crippen LogP contribution in [0.4, 0.5) is 0 Å². The third-order valence-corrected chi connectivity index (χ3v) is 4.71. The van der Waals surface area contributed by atoms with E-state index in [4.69, 9.17) is 0 Å². The first kappa shape index (κ1) is 17.0. The molecule has 0 bridgehead atoms. The highest BCUT2D eigenvalue weighted by atomic mass is 14.9. The van der Waals surface area contributed by atoms with E-state index in [0.717, 1.165) is 12.1 Å². The van der Waals surface area contributed by atoms with Gasteiger partial charge in [0.1, 0.15) is 0 Å². The summed E-state index contributed by atoms with van der Waals surface area (Å²) >= 11 is 0. The lowest BCUT2D eigenvalue weighted by molar-refractivity contribution is 0.344. The zero-order chi connectivity index (χ0) is 13.8. The van der Waals surface area contributed by atoms with Crippen LogP contribution in [-0.2, 0) is 0 Å². The normalized spacial score (nSPS) is 22.4. The van der Waals surface area contributed by atoms with Crippen molar-refractivity contribution in [2.75, 3.05) is 0 Å². The topological polar surface area (TPSA) is 12.0 Å². The Labute approximate surface area is 121 Å². The van der Waals surface area contributed by atoms with Crippen LogP contribution in [0, 0.1) is 0 Å². The maximum Gasteiger partial charge on any atom is 0.00696 e. The molecule has 1 aliphatic rings. The summed E-state index contributed by atoms with van der Waals surface area (Å²) in [5, 5.41) is 3.96. The van der Waals surface area contributed by atoms with Crippen LogP contribution in [0.5, 0.6) is 0 Å². The van der Waals surface area contributed by atoms with E-state index in [1.165, 1.54) is 89.9 Å². The average Bonchev–Trinajstić information content (AvgIpc) is 2.41. The average molecular weight is 268 g/mol. The number of hydrogen-bond acceptors (Lipinski definition) is 1. The molecule has 1 unspecified atom stereocenters. The second kappa shape index (κ2) is 11.8. The molecule has 1 nitrogen and oxygen atoms in total. The van der Waals surface area contributed by atoms with Gasteiger partial charge in [0, 0.05) is 12.1 Å². The molecule has 0 amide bonds. The molecule has 1 rings (SSSR count). The van der Waals surface area contributed by atoms with E-state index in [-0.39, 0.29) is 0 Å². The molecule has 1 N–H and O–H groups in total. The zero-order valence-corrected chi connectivity index (χ0v) is 13.6. The van der Waals surface area contributed by atoms with Crippen LogP contribution in [-0.4, -0.2) is 12.1 Å². The minimum absolute atomic E-state index is 0.767. The summed E-state index contributed by atoms with van der Waals surface area (Å²) < 4.78 is 0. The highest BCUT2D eigenvalue weighted by Gasteiger charge is 2.13. The molecule has 0 heterocycles. The smallest absolute Gasteiger partial charge is 0.00696 e. The molecule has 0 spiro atoms. The molecular weight excluding hydrogens is 230 g/mol. The van der Waals surface area contributed by atoms with Gasteiger partial charge in [-0.1, -0.05) is 78.1 Å². The van der Waals surface area contributed by atoms with Gasteiger partial charge in [0.05, 0.1) is 0 Å². The van der Waals surface area contributed by atoms with E-state index >= 15 is 0 Å². The first-order valence-electron chi connectivity index (χ1n) is 9.12. The Balaban J connectivity index is 2.32. The van der Waals surface area contributed by atoms with Crippen LogP contribution in [0.1, 0.15) is 104 Å². The molecule has 19 heavy (non-hydrogen) atoms. The van der Waals surface area contributed by atoms with E-state index in [1.807, 2.05) is 0 Å². The SMILES string of the molecule is CCCC(CC)NC1CCCCCCCCCCC1. The second-order valence-electron chi connectivity index (χ2n) is 6.52. The van der Waals surface area contributed by atoms with Crippen LogP contribution < -0.4 is 5.32 Å². The summed E-state index contributed by atoms with van der Waals surface area (Å²) in [7, 11) is 0. The van der Waals surface area contributed by atoms with Crippen molar-refractivity contribution in [2.24, 2.45) is 0 Å². The molecular formula is C18H37N. The van der Waals surface area contributed by atoms with Gasteiger partial charge >= 0.3 is 0 Å². The molecule has 0 aromatic heterocycles. The van der Waals surface area contributed by atoms with Crippen LogP contribution in [0.25, 0.3) is 0 Å². The van der Waals surface area contributed by atoms with Crippen molar-refractivity contribution in [2.45, 2.75) is 116 Å². The maximum atomic E-state index is 3.96. The van der Waals surface area contributed by atoms with Crippen molar-refractivity contribution in [1.82, 2.24) is 5.32 Å². The van der Waals surface area contributed by atoms with Gasteiger partial charge < -0.3 is 5.32 Å². The summed E-state index contributed by atoms with van der Waals surface area (Å²) in [5.41, 5.74) is 0. The van der Waals surface area contributed by atoms with Gasteiger partial charge in [0.25, 0.3) is 0 Å². The van der Waals surface area contributed by atoms with Gasteiger partial charge in [-0.05, 0) is 25.7 Å². The van der Waals surface area contributed by atoms with Crippen LogP contribution in [0.2, 0.25) is 0 Å². The summed E-state index contributed by atoms with van der Waals surface area (Å²) in [4.78, 5) is 0. The first-order chi connectivity index (χ1) is 9.36. The van der Waals surface area contributed by atoms with Crippen LogP contribution >= 0.6 is 0 Å². The van der Waals surface area contributed by atoms with Crippen molar-refractivity contribution in [3.05, 3.63) is 0 Å². The Bertz CT molecular complexity index is 178. The fraction of sp³-hybridized carbons (Fsp3) is 1.00. The predicted molar refractivity (Wildman–Crippen MR) is 86.7 cm³/mol. The first-order valence-corrected chi connectivity index (χ1v) is 9.12. The van der Waals surface area contributed by atoms with E-state index in [1.54, 1.807) is 0 Å². The lowest BCUT2D eigenvalue weighted by atomic mass is 9.96. The molecule has 1 heteroatoms. The summed E-state index contributed by atoms with van der Waals surface area (Å²) in [6.45, 7) is 4.65. The third-order valence-electron chi connectivity index (χ3n) is 4.71. The minimum atomic E-state index is 0.767. The Morgan fingerprint density at radius 2 is 1.26 bits per heavy atom. The van der Waals surface area contributed by atoms with Gasteiger partial charge in [0.2, 0.25) is 0 Å². The van der Waals surface area contributed by atoms with Crippen molar-refractivity contribution >= 4 is 0 Å². The lowest BCUT2D eigenvalue weighted by Gasteiger charge is -2.25. The monoisotopic (exact) mass is 267 g/mol. The molecule has 1 atom stereocenters.